The molecule has 0 radical (unpaired) electrons. The lowest BCUT2D eigenvalue weighted by atomic mass is 10.1. The Morgan fingerprint density at radius 1 is 1.35 bits per heavy atom. The van der Waals surface area contributed by atoms with Crippen molar-refractivity contribution >= 4 is 23.6 Å². The van der Waals surface area contributed by atoms with Gasteiger partial charge < -0.3 is 10.1 Å². The molecule has 8 nitrogen and oxygen atoms in total. The lowest BCUT2D eigenvalue weighted by Gasteiger charge is -2.11. The highest BCUT2D eigenvalue weighted by molar-refractivity contribution is 7.99. The fourth-order valence-corrected chi connectivity index (χ4v) is 2.78. The summed E-state index contributed by atoms with van der Waals surface area (Å²) in [6, 6.07) is 6.04. The van der Waals surface area contributed by atoms with Gasteiger partial charge in [0.2, 0.25) is 5.16 Å². The van der Waals surface area contributed by atoms with E-state index in [2.05, 4.69) is 20.8 Å². The number of esters is 1. The predicted molar refractivity (Wildman–Crippen MR) is 98.2 cm³/mol. The van der Waals surface area contributed by atoms with E-state index in [1.54, 1.807) is 4.68 Å². The third-order valence-corrected chi connectivity index (χ3v) is 4.63. The number of benzene rings is 1. The number of nitrogens with zero attached hydrogens (tertiary/aromatic N) is 4. The van der Waals surface area contributed by atoms with Gasteiger partial charge in [-0.25, -0.2) is 0 Å². The Labute approximate surface area is 156 Å². The molecule has 2 rings (SSSR count). The van der Waals surface area contributed by atoms with Crippen LogP contribution in [0.3, 0.4) is 0 Å². The van der Waals surface area contributed by atoms with Crippen LogP contribution in [-0.2, 0) is 14.3 Å². The van der Waals surface area contributed by atoms with Gasteiger partial charge in [0, 0.05) is 6.04 Å². The summed E-state index contributed by atoms with van der Waals surface area (Å²) in [5, 5.41) is 14.9. The van der Waals surface area contributed by atoms with Crippen LogP contribution in [0.15, 0.2) is 23.4 Å². The first kappa shape index (κ1) is 19.9. The molecule has 0 unspecified atom stereocenters. The van der Waals surface area contributed by atoms with Gasteiger partial charge in [-0.05, 0) is 54.8 Å². The van der Waals surface area contributed by atoms with Crippen molar-refractivity contribution in [3.63, 3.8) is 0 Å². The lowest BCUT2D eigenvalue weighted by Crippen LogP contribution is -2.35. The minimum atomic E-state index is -0.496. The molecular formula is C17H23N5O3S. The van der Waals surface area contributed by atoms with Crippen molar-refractivity contribution in [1.29, 1.82) is 0 Å². The number of amides is 1. The van der Waals surface area contributed by atoms with Gasteiger partial charge >= 0.3 is 5.97 Å². The lowest BCUT2D eigenvalue weighted by molar-refractivity contribution is -0.146. The molecular weight excluding hydrogens is 354 g/mol. The van der Waals surface area contributed by atoms with Gasteiger partial charge in [-0.3, -0.25) is 9.59 Å². The normalized spacial score (nSPS) is 11.8. The number of carbonyl (C=O) groups excluding carboxylic acids is 2. The largest absolute Gasteiger partial charge is 0.455 e. The molecule has 1 aromatic heterocycles. The number of aromatic nitrogens is 4. The second-order valence-corrected chi connectivity index (χ2v) is 6.93. The van der Waals surface area contributed by atoms with Gasteiger partial charge in [-0.15, -0.1) is 5.10 Å². The van der Waals surface area contributed by atoms with Crippen molar-refractivity contribution in [1.82, 2.24) is 25.5 Å². The summed E-state index contributed by atoms with van der Waals surface area (Å²) in [6.45, 7) is 7.53. The average Bonchev–Trinajstić information content (AvgIpc) is 3.08. The van der Waals surface area contributed by atoms with Gasteiger partial charge in [-0.2, -0.15) is 4.68 Å². The summed E-state index contributed by atoms with van der Waals surface area (Å²) in [4.78, 5) is 23.5. The molecule has 2 aromatic rings. The Hall–Kier alpha value is -2.42. The number of thioether (sulfide) groups is 1. The van der Waals surface area contributed by atoms with Gasteiger partial charge in [0.1, 0.15) is 0 Å². The molecule has 1 heterocycles. The van der Waals surface area contributed by atoms with E-state index in [0.29, 0.717) is 5.16 Å². The Balaban J connectivity index is 1.91. The molecule has 0 saturated carbocycles. The van der Waals surface area contributed by atoms with Gasteiger partial charge in [-0.1, -0.05) is 30.8 Å². The third kappa shape index (κ3) is 5.55. The summed E-state index contributed by atoms with van der Waals surface area (Å²) >= 11 is 1.16. The van der Waals surface area contributed by atoms with Crippen molar-refractivity contribution in [2.75, 3.05) is 12.4 Å². The number of aryl methyl sites for hydroxylation is 2. The quantitative estimate of drug-likeness (QED) is 0.553. The zero-order chi connectivity index (χ0) is 19.1. The number of nitrogens with one attached hydrogen (secondary N) is 1. The van der Waals surface area contributed by atoms with Crippen molar-refractivity contribution in [3.05, 3.63) is 29.3 Å². The number of hydrogen-bond acceptors (Lipinski definition) is 7. The molecule has 140 valence electrons. The predicted octanol–water partition coefficient (Wildman–Crippen LogP) is 1.83. The van der Waals surface area contributed by atoms with E-state index in [-0.39, 0.29) is 24.3 Å². The highest BCUT2D eigenvalue weighted by atomic mass is 32.2. The zero-order valence-electron chi connectivity index (χ0n) is 15.4. The van der Waals surface area contributed by atoms with E-state index in [0.717, 1.165) is 35.0 Å². The van der Waals surface area contributed by atoms with Gasteiger partial charge in [0.05, 0.1) is 11.4 Å². The molecule has 0 spiro atoms. The van der Waals surface area contributed by atoms with Crippen LogP contribution in [0.5, 0.6) is 0 Å². The highest BCUT2D eigenvalue weighted by Crippen LogP contribution is 2.21. The fraction of sp³-hybridized carbons (Fsp3) is 0.471. The molecule has 0 fully saturated rings. The van der Waals surface area contributed by atoms with E-state index in [1.807, 2.05) is 45.9 Å². The SMILES string of the molecule is CC[C@H](C)NC(=O)COC(=O)CSc1nnnn1-c1cc(C)ccc1C. The Morgan fingerprint density at radius 2 is 2.12 bits per heavy atom. The number of hydrogen-bond donors (Lipinski definition) is 1. The smallest absolute Gasteiger partial charge is 0.316 e. The maximum Gasteiger partial charge on any atom is 0.316 e. The first-order valence-electron chi connectivity index (χ1n) is 8.34. The summed E-state index contributed by atoms with van der Waals surface area (Å²) in [5.74, 6) is -0.787. The maximum absolute atomic E-state index is 11.9. The Morgan fingerprint density at radius 3 is 2.85 bits per heavy atom. The number of rotatable bonds is 8. The molecule has 0 aliphatic carbocycles. The molecule has 1 N–H and O–H groups in total. The van der Waals surface area contributed by atoms with Gasteiger partial charge in [0.15, 0.2) is 6.61 Å². The molecule has 26 heavy (non-hydrogen) atoms. The fourth-order valence-electron chi connectivity index (χ4n) is 2.10. The zero-order valence-corrected chi connectivity index (χ0v) is 16.2. The monoisotopic (exact) mass is 377 g/mol. The van der Waals surface area contributed by atoms with Crippen LogP contribution in [0.2, 0.25) is 0 Å². The van der Waals surface area contributed by atoms with Crippen LogP contribution in [-0.4, -0.2) is 50.5 Å². The topological polar surface area (TPSA) is 99.0 Å². The molecule has 0 bridgehead atoms. The Kier molecular flexibility index (Phi) is 7.14. The van der Waals surface area contributed by atoms with E-state index >= 15 is 0 Å². The van der Waals surface area contributed by atoms with Crippen LogP contribution in [0, 0.1) is 13.8 Å². The number of carbonyl (C=O) groups is 2. The van der Waals surface area contributed by atoms with Crippen LogP contribution in [0.25, 0.3) is 5.69 Å². The molecule has 1 atom stereocenters. The van der Waals surface area contributed by atoms with E-state index < -0.39 is 5.97 Å². The first-order chi connectivity index (χ1) is 12.4. The minimum absolute atomic E-state index is 0.0157. The summed E-state index contributed by atoms with van der Waals surface area (Å²) < 4.78 is 6.58. The second-order valence-electron chi connectivity index (χ2n) is 5.99. The molecule has 9 heteroatoms. The van der Waals surface area contributed by atoms with Crippen molar-refractivity contribution in [2.45, 2.75) is 45.3 Å². The molecule has 0 saturated heterocycles. The van der Waals surface area contributed by atoms with Crippen LogP contribution in [0.1, 0.15) is 31.4 Å². The minimum Gasteiger partial charge on any atom is -0.455 e. The van der Waals surface area contributed by atoms with E-state index in [4.69, 9.17) is 4.74 Å². The maximum atomic E-state index is 11.9. The van der Waals surface area contributed by atoms with E-state index in [1.165, 1.54) is 0 Å². The van der Waals surface area contributed by atoms with Crippen molar-refractivity contribution in [2.24, 2.45) is 0 Å². The molecule has 1 amide bonds. The number of tetrazole rings is 1. The summed E-state index contributed by atoms with van der Waals surface area (Å²) in [6.07, 6.45) is 0.816. The molecule has 0 aliphatic heterocycles. The van der Waals surface area contributed by atoms with Crippen LogP contribution in [0.4, 0.5) is 0 Å². The van der Waals surface area contributed by atoms with E-state index in [9.17, 15) is 9.59 Å². The molecule has 0 aliphatic rings. The average molecular weight is 377 g/mol. The van der Waals surface area contributed by atoms with Crippen LogP contribution >= 0.6 is 11.8 Å². The molecule has 1 aromatic carbocycles. The highest BCUT2D eigenvalue weighted by Gasteiger charge is 2.15. The number of ether oxygens (including phenoxy) is 1. The van der Waals surface area contributed by atoms with Crippen molar-refractivity contribution < 1.29 is 14.3 Å². The first-order valence-corrected chi connectivity index (χ1v) is 9.33. The second kappa shape index (κ2) is 9.33. The standard InChI is InChI=1S/C17H23N5O3S/c1-5-13(4)18-15(23)9-25-16(24)10-26-17-19-20-21-22(17)14-8-11(2)6-7-12(14)3/h6-8,13H,5,9-10H2,1-4H3,(H,18,23)/t13-/m0/s1. The Bertz CT molecular complexity index is 778. The summed E-state index contributed by atoms with van der Waals surface area (Å²) in [7, 11) is 0. The summed E-state index contributed by atoms with van der Waals surface area (Å²) in [5.41, 5.74) is 2.97. The van der Waals surface area contributed by atoms with Gasteiger partial charge in [0.25, 0.3) is 5.91 Å². The van der Waals surface area contributed by atoms with Crippen LogP contribution < -0.4 is 5.32 Å². The third-order valence-electron chi connectivity index (χ3n) is 3.74. The van der Waals surface area contributed by atoms with Crippen molar-refractivity contribution in [3.8, 4) is 5.69 Å².